The highest BCUT2D eigenvalue weighted by molar-refractivity contribution is 6.31. The van der Waals surface area contributed by atoms with E-state index < -0.39 is 0 Å². The van der Waals surface area contributed by atoms with Crippen LogP contribution in [-0.2, 0) is 0 Å². The van der Waals surface area contributed by atoms with E-state index in [0.29, 0.717) is 18.3 Å². The van der Waals surface area contributed by atoms with E-state index in [-0.39, 0.29) is 0 Å². The molecule has 0 bridgehead atoms. The van der Waals surface area contributed by atoms with Crippen LogP contribution in [0.15, 0.2) is 34.4 Å². The molecule has 0 aromatic carbocycles. The average Bonchev–Trinajstić information content (AvgIpc) is 2.67. The van der Waals surface area contributed by atoms with Crippen LogP contribution in [0.2, 0.25) is 0 Å². The summed E-state index contributed by atoms with van der Waals surface area (Å²) in [7, 11) is 0. The Morgan fingerprint density at radius 3 is 2.92 bits per heavy atom. The molecule has 0 saturated carbocycles. The van der Waals surface area contributed by atoms with Crippen molar-refractivity contribution in [1.29, 1.82) is 0 Å². The van der Waals surface area contributed by atoms with Gasteiger partial charge in [-0.15, -0.1) is 11.6 Å². The third kappa shape index (κ3) is 1.75. The van der Waals surface area contributed by atoms with E-state index in [4.69, 9.17) is 11.6 Å². The largest absolute Gasteiger partial charge is 0.259 e. The van der Waals surface area contributed by atoms with Crippen molar-refractivity contribution in [3.05, 3.63) is 30.1 Å². The summed E-state index contributed by atoms with van der Waals surface area (Å²) in [5, 5.41) is 0. The normalized spacial score (nSPS) is 15.5. The number of amidine groups is 1. The van der Waals surface area contributed by atoms with Crippen molar-refractivity contribution in [2.75, 3.05) is 12.4 Å². The fourth-order valence-corrected chi connectivity index (χ4v) is 1.24. The van der Waals surface area contributed by atoms with Gasteiger partial charge in [0.05, 0.1) is 18.1 Å². The molecule has 0 spiro atoms. The highest BCUT2D eigenvalue weighted by Crippen LogP contribution is 2.05. The molecule has 13 heavy (non-hydrogen) atoms. The van der Waals surface area contributed by atoms with Crippen molar-refractivity contribution in [3.63, 3.8) is 0 Å². The van der Waals surface area contributed by atoms with Gasteiger partial charge >= 0.3 is 0 Å². The highest BCUT2D eigenvalue weighted by Gasteiger charge is 2.11. The molecule has 4 heteroatoms. The maximum absolute atomic E-state index is 5.64. The molecule has 2 heterocycles. The lowest BCUT2D eigenvalue weighted by Gasteiger charge is -1.93. The molecule has 0 radical (unpaired) electrons. The lowest BCUT2D eigenvalue weighted by molar-refractivity contribution is 1.26. The number of hydrogen-bond acceptors (Lipinski definition) is 3. The molecular weight excluding hydrogens is 186 g/mol. The van der Waals surface area contributed by atoms with Crippen LogP contribution < -0.4 is 0 Å². The lowest BCUT2D eigenvalue weighted by atomic mass is 10.3. The van der Waals surface area contributed by atoms with E-state index in [1.165, 1.54) is 0 Å². The molecule has 66 valence electrons. The zero-order valence-electron chi connectivity index (χ0n) is 6.94. The van der Waals surface area contributed by atoms with E-state index in [2.05, 4.69) is 15.0 Å². The summed E-state index contributed by atoms with van der Waals surface area (Å²) in [6.07, 6.45) is 1.73. The van der Waals surface area contributed by atoms with Crippen molar-refractivity contribution in [1.82, 2.24) is 4.98 Å². The Labute approximate surface area is 81.2 Å². The van der Waals surface area contributed by atoms with Gasteiger partial charge in [-0.1, -0.05) is 6.07 Å². The standard InChI is InChI=1S/C9H8ClN3/c10-5-7-6-12-9(13-7)8-3-1-2-4-11-8/h1-4H,5-6H2. The number of nitrogens with zero attached hydrogens (tertiary/aromatic N) is 3. The van der Waals surface area contributed by atoms with Gasteiger partial charge in [-0.25, -0.2) is 4.99 Å². The van der Waals surface area contributed by atoms with Crippen molar-refractivity contribution in [2.45, 2.75) is 0 Å². The van der Waals surface area contributed by atoms with Crippen molar-refractivity contribution in [3.8, 4) is 0 Å². The zero-order chi connectivity index (χ0) is 9.10. The van der Waals surface area contributed by atoms with Crippen LogP contribution in [0.5, 0.6) is 0 Å². The molecule has 0 N–H and O–H groups in total. The molecule has 1 aromatic heterocycles. The second-order valence-corrected chi connectivity index (χ2v) is 2.93. The molecule has 2 rings (SSSR count). The molecule has 0 atom stereocenters. The van der Waals surface area contributed by atoms with Crippen LogP contribution in [0.3, 0.4) is 0 Å². The van der Waals surface area contributed by atoms with Gasteiger partial charge in [-0.2, -0.15) is 0 Å². The number of pyridine rings is 1. The first kappa shape index (κ1) is 8.38. The van der Waals surface area contributed by atoms with E-state index >= 15 is 0 Å². The highest BCUT2D eigenvalue weighted by atomic mass is 35.5. The second-order valence-electron chi connectivity index (χ2n) is 2.67. The number of aromatic nitrogens is 1. The van der Waals surface area contributed by atoms with Gasteiger partial charge in [0.25, 0.3) is 0 Å². The zero-order valence-corrected chi connectivity index (χ0v) is 7.70. The first-order valence-electron chi connectivity index (χ1n) is 3.98. The lowest BCUT2D eigenvalue weighted by Crippen LogP contribution is -2.00. The van der Waals surface area contributed by atoms with Crippen LogP contribution in [0.4, 0.5) is 0 Å². The van der Waals surface area contributed by atoms with Gasteiger partial charge in [0.1, 0.15) is 5.69 Å². The number of aliphatic imine (C=N–C) groups is 2. The van der Waals surface area contributed by atoms with Crippen molar-refractivity contribution >= 4 is 23.1 Å². The Hall–Kier alpha value is -1.22. The Kier molecular flexibility index (Phi) is 2.36. The Balaban J connectivity index is 2.25. The smallest absolute Gasteiger partial charge is 0.173 e. The van der Waals surface area contributed by atoms with Crippen molar-refractivity contribution in [2.24, 2.45) is 9.98 Å². The monoisotopic (exact) mass is 193 g/mol. The fraction of sp³-hybridized carbons (Fsp3) is 0.222. The van der Waals surface area contributed by atoms with Gasteiger partial charge in [0, 0.05) is 6.20 Å². The number of alkyl halides is 1. The van der Waals surface area contributed by atoms with Gasteiger partial charge in [0.2, 0.25) is 0 Å². The van der Waals surface area contributed by atoms with Gasteiger partial charge in [0.15, 0.2) is 5.84 Å². The van der Waals surface area contributed by atoms with Crippen LogP contribution in [-0.4, -0.2) is 29.0 Å². The third-order valence-corrected chi connectivity index (χ3v) is 2.03. The van der Waals surface area contributed by atoms with Gasteiger partial charge in [-0.3, -0.25) is 9.98 Å². The quantitative estimate of drug-likeness (QED) is 0.657. The predicted molar refractivity (Wildman–Crippen MR) is 53.8 cm³/mol. The maximum Gasteiger partial charge on any atom is 0.173 e. The molecular formula is C9H8ClN3. The summed E-state index contributed by atoms with van der Waals surface area (Å²) in [5.41, 5.74) is 1.71. The molecule has 0 saturated heterocycles. The number of rotatable bonds is 2. The minimum atomic E-state index is 0.444. The predicted octanol–water partition coefficient (Wildman–Crippen LogP) is 1.52. The summed E-state index contributed by atoms with van der Waals surface area (Å²) < 4.78 is 0. The first-order chi connectivity index (χ1) is 6.40. The summed E-state index contributed by atoms with van der Waals surface area (Å²) in [4.78, 5) is 12.6. The van der Waals surface area contributed by atoms with E-state index in [0.717, 1.165) is 11.4 Å². The summed E-state index contributed by atoms with van der Waals surface area (Å²) in [6, 6.07) is 5.67. The SMILES string of the molecule is ClCC1=NC(c2ccccn2)=NC1. The van der Waals surface area contributed by atoms with Crippen LogP contribution >= 0.6 is 11.6 Å². The van der Waals surface area contributed by atoms with E-state index in [1.807, 2.05) is 18.2 Å². The number of halogens is 1. The fourth-order valence-electron chi connectivity index (χ4n) is 1.09. The van der Waals surface area contributed by atoms with E-state index in [1.54, 1.807) is 6.20 Å². The van der Waals surface area contributed by atoms with Crippen LogP contribution in [0, 0.1) is 0 Å². The van der Waals surface area contributed by atoms with Crippen molar-refractivity contribution < 1.29 is 0 Å². The summed E-state index contributed by atoms with van der Waals surface area (Å²) in [5.74, 6) is 1.14. The van der Waals surface area contributed by atoms with Gasteiger partial charge in [-0.05, 0) is 12.1 Å². The molecule has 0 amide bonds. The third-order valence-electron chi connectivity index (χ3n) is 1.72. The molecule has 0 aliphatic carbocycles. The van der Waals surface area contributed by atoms with Crippen LogP contribution in [0.25, 0.3) is 0 Å². The summed E-state index contributed by atoms with van der Waals surface area (Å²) >= 11 is 5.64. The van der Waals surface area contributed by atoms with E-state index in [9.17, 15) is 0 Å². The molecule has 1 aliphatic rings. The maximum atomic E-state index is 5.64. The topological polar surface area (TPSA) is 37.6 Å². The molecule has 0 fully saturated rings. The molecule has 1 aromatic rings. The molecule has 1 aliphatic heterocycles. The Morgan fingerprint density at radius 2 is 2.31 bits per heavy atom. The van der Waals surface area contributed by atoms with Crippen LogP contribution in [0.1, 0.15) is 5.69 Å². The number of hydrogen-bond donors (Lipinski definition) is 0. The Morgan fingerprint density at radius 1 is 1.38 bits per heavy atom. The molecule has 3 nitrogen and oxygen atoms in total. The second kappa shape index (κ2) is 3.66. The van der Waals surface area contributed by atoms with Gasteiger partial charge < -0.3 is 0 Å². The average molecular weight is 194 g/mol. The molecule has 0 unspecified atom stereocenters. The minimum Gasteiger partial charge on any atom is -0.259 e. The Bertz CT molecular complexity index is 356. The summed E-state index contributed by atoms with van der Waals surface area (Å²) in [6.45, 7) is 0.607. The first-order valence-corrected chi connectivity index (χ1v) is 4.52. The minimum absolute atomic E-state index is 0.444.